The molecule has 16 heavy (non-hydrogen) atoms. The van der Waals surface area contributed by atoms with Crippen molar-refractivity contribution < 1.29 is 0 Å². The van der Waals surface area contributed by atoms with Gasteiger partial charge in [0.15, 0.2) is 0 Å². The normalized spacial score (nSPS) is 11.8. The number of hydrogen-bond donors (Lipinski definition) is 1. The van der Waals surface area contributed by atoms with E-state index in [2.05, 4.69) is 48.1 Å². The van der Waals surface area contributed by atoms with Gasteiger partial charge in [0.1, 0.15) is 5.84 Å². The molecule has 84 valence electrons. The van der Waals surface area contributed by atoms with E-state index in [-0.39, 0.29) is 0 Å². The van der Waals surface area contributed by atoms with Crippen molar-refractivity contribution in [1.29, 1.82) is 0 Å². The van der Waals surface area contributed by atoms with Crippen LogP contribution in [-0.4, -0.2) is 5.84 Å². The van der Waals surface area contributed by atoms with Crippen molar-refractivity contribution in [2.75, 3.05) is 0 Å². The number of hydrogen-bond acceptors (Lipinski definition) is 1. The molecule has 0 unspecified atom stereocenters. The Hall–Kier alpha value is -1.83. The lowest BCUT2D eigenvalue weighted by Crippen LogP contribution is -2.16. The molecule has 0 heterocycles. The highest BCUT2D eigenvalue weighted by molar-refractivity contribution is 5.81. The predicted octanol–water partition coefficient (Wildman–Crippen LogP) is 3.51. The Labute approximate surface area is 97.4 Å². The Bertz CT molecular complexity index is 411. The second-order valence-electron chi connectivity index (χ2n) is 3.85. The summed E-state index contributed by atoms with van der Waals surface area (Å²) < 4.78 is 0. The summed E-state index contributed by atoms with van der Waals surface area (Å²) in [6.07, 6.45) is 3.76. The monoisotopic (exact) mass is 214 g/mol. The summed E-state index contributed by atoms with van der Waals surface area (Å²) in [5, 5.41) is 3.04. The molecule has 0 bridgehead atoms. The summed E-state index contributed by atoms with van der Waals surface area (Å²) in [5.41, 5.74) is 3.31. The van der Waals surface area contributed by atoms with E-state index < -0.39 is 0 Å². The smallest absolute Gasteiger partial charge is 0.102 e. The number of nitrogens with zero attached hydrogens (tertiary/aromatic N) is 1. The zero-order valence-corrected chi connectivity index (χ0v) is 10.1. The molecule has 0 spiro atoms. The van der Waals surface area contributed by atoms with Crippen LogP contribution in [0.25, 0.3) is 6.08 Å². The van der Waals surface area contributed by atoms with E-state index >= 15 is 0 Å². The first kappa shape index (κ1) is 12.2. The summed E-state index contributed by atoms with van der Waals surface area (Å²) >= 11 is 0. The van der Waals surface area contributed by atoms with Crippen molar-refractivity contribution >= 4 is 11.9 Å². The largest absolute Gasteiger partial charge is 0.348 e. The zero-order chi connectivity index (χ0) is 12.0. The van der Waals surface area contributed by atoms with Crippen LogP contribution in [0.5, 0.6) is 0 Å². The standard InChI is InChI=1S/C14H18N2/c1-11(2)16-13(4)15-10-9-14-7-5-12(3)6-8-14/h5-10H,1H2,2-4H3,(H,15,16)/b10-9+. The van der Waals surface area contributed by atoms with Crippen molar-refractivity contribution in [3.05, 3.63) is 53.9 Å². The molecule has 1 aromatic carbocycles. The van der Waals surface area contributed by atoms with Gasteiger partial charge < -0.3 is 5.32 Å². The molecule has 0 amide bonds. The lowest BCUT2D eigenvalue weighted by molar-refractivity contribution is 1.11. The van der Waals surface area contributed by atoms with E-state index in [0.717, 1.165) is 17.1 Å². The fourth-order valence-electron chi connectivity index (χ4n) is 1.25. The molecule has 1 N–H and O–H groups in total. The van der Waals surface area contributed by atoms with E-state index in [1.807, 2.05) is 19.9 Å². The van der Waals surface area contributed by atoms with Gasteiger partial charge in [-0.2, -0.15) is 0 Å². The molecule has 1 aromatic rings. The second-order valence-corrected chi connectivity index (χ2v) is 3.85. The maximum atomic E-state index is 4.25. The highest BCUT2D eigenvalue weighted by Gasteiger charge is 1.87. The molecule has 0 saturated heterocycles. The summed E-state index contributed by atoms with van der Waals surface area (Å²) in [4.78, 5) is 4.25. The van der Waals surface area contributed by atoms with E-state index in [4.69, 9.17) is 0 Å². The molecule has 2 nitrogen and oxygen atoms in total. The topological polar surface area (TPSA) is 24.4 Å². The van der Waals surface area contributed by atoms with Gasteiger partial charge in [0, 0.05) is 11.9 Å². The third kappa shape index (κ3) is 4.60. The van der Waals surface area contributed by atoms with Crippen LogP contribution in [0.3, 0.4) is 0 Å². The number of aliphatic imine (C=N–C) groups is 1. The molecule has 0 fully saturated rings. The molecule has 0 atom stereocenters. The number of rotatable bonds is 3. The van der Waals surface area contributed by atoms with Crippen LogP contribution in [0.2, 0.25) is 0 Å². The van der Waals surface area contributed by atoms with Crippen molar-refractivity contribution in [1.82, 2.24) is 5.32 Å². The second kappa shape index (κ2) is 5.91. The van der Waals surface area contributed by atoms with Crippen molar-refractivity contribution in [2.24, 2.45) is 4.99 Å². The summed E-state index contributed by atoms with van der Waals surface area (Å²) in [5.74, 6) is 0.843. The van der Waals surface area contributed by atoms with Gasteiger partial charge in [0.25, 0.3) is 0 Å². The van der Waals surface area contributed by atoms with Crippen LogP contribution < -0.4 is 5.32 Å². The van der Waals surface area contributed by atoms with Crippen molar-refractivity contribution in [2.45, 2.75) is 20.8 Å². The summed E-state index contributed by atoms with van der Waals surface area (Å²) in [6, 6.07) is 8.32. The van der Waals surface area contributed by atoms with Crippen LogP contribution >= 0.6 is 0 Å². The Morgan fingerprint density at radius 3 is 2.44 bits per heavy atom. The average molecular weight is 214 g/mol. The molecule has 0 aliphatic carbocycles. The molecule has 1 rings (SSSR count). The fourth-order valence-corrected chi connectivity index (χ4v) is 1.25. The third-order valence-corrected chi connectivity index (χ3v) is 2.01. The van der Waals surface area contributed by atoms with Crippen molar-refractivity contribution in [3.8, 4) is 0 Å². The molecular weight excluding hydrogens is 196 g/mol. The predicted molar refractivity (Wildman–Crippen MR) is 71.3 cm³/mol. The van der Waals surface area contributed by atoms with E-state index in [1.54, 1.807) is 6.20 Å². The van der Waals surface area contributed by atoms with Crippen molar-refractivity contribution in [3.63, 3.8) is 0 Å². The van der Waals surface area contributed by atoms with Crippen LogP contribution in [0.4, 0.5) is 0 Å². The van der Waals surface area contributed by atoms with Gasteiger partial charge in [-0.1, -0.05) is 36.4 Å². The van der Waals surface area contributed by atoms with Gasteiger partial charge >= 0.3 is 0 Å². The maximum absolute atomic E-state index is 4.25. The van der Waals surface area contributed by atoms with Crippen LogP contribution in [-0.2, 0) is 0 Å². The van der Waals surface area contributed by atoms with Gasteiger partial charge in [-0.05, 0) is 32.4 Å². The fraction of sp³-hybridized carbons (Fsp3) is 0.214. The SMILES string of the molecule is C=C(C)NC(C)=N/C=C/c1ccc(C)cc1. The number of allylic oxidation sites excluding steroid dienone is 1. The Kier molecular flexibility index (Phi) is 4.52. The van der Waals surface area contributed by atoms with Gasteiger partial charge in [0.2, 0.25) is 0 Å². The molecule has 0 radical (unpaired) electrons. The minimum Gasteiger partial charge on any atom is -0.348 e. The Morgan fingerprint density at radius 2 is 1.88 bits per heavy atom. The molecular formula is C14H18N2. The number of amidine groups is 1. The number of nitrogens with one attached hydrogen (secondary N) is 1. The van der Waals surface area contributed by atoms with Gasteiger partial charge in [-0.25, -0.2) is 4.99 Å². The average Bonchev–Trinajstić information content (AvgIpc) is 2.20. The molecule has 0 saturated carbocycles. The molecule has 0 aliphatic rings. The van der Waals surface area contributed by atoms with E-state index in [1.165, 1.54) is 5.56 Å². The lowest BCUT2D eigenvalue weighted by atomic mass is 10.1. The highest BCUT2D eigenvalue weighted by atomic mass is 15.0. The number of aryl methyl sites for hydroxylation is 1. The molecule has 0 aliphatic heterocycles. The zero-order valence-electron chi connectivity index (χ0n) is 10.1. The first-order valence-electron chi connectivity index (χ1n) is 5.28. The van der Waals surface area contributed by atoms with Crippen LogP contribution in [0.1, 0.15) is 25.0 Å². The first-order chi connectivity index (χ1) is 7.58. The summed E-state index contributed by atoms with van der Waals surface area (Å²) in [7, 11) is 0. The quantitative estimate of drug-likeness (QED) is 0.604. The van der Waals surface area contributed by atoms with E-state index in [9.17, 15) is 0 Å². The third-order valence-electron chi connectivity index (χ3n) is 2.01. The number of benzene rings is 1. The lowest BCUT2D eigenvalue weighted by Gasteiger charge is -2.01. The van der Waals surface area contributed by atoms with Gasteiger partial charge in [0.05, 0.1) is 0 Å². The summed E-state index contributed by atoms with van der Waals surface area (Å²) in [6.45, 7) is 9.65. The van der Waals surface area contributed by atoms with Gasteiger partial charge in [-0.15, -0.1) is 0 Å². The maximum Gasteiger partial charge on any atom is 0.102 e. The Morgan fingerprint density at radius 1 is 1.25 bits per heavy atom. The van der Waals surface area contributed by atoms with E-state index in [0.29, 0.717) is 0 Å². The minimum absolute atomic E-state index is 0.843. The first-order valence-corrected chi connectivity index (χ1v) is 5.28. The van der Waals surface area contributed by atoms with Crippen LogP contribution in [0.15, 0.2) is 47.7 Å². The van der Waals surface area contributed by atoms with Crippen LogP contribution in [0, 0.1) is 6.92 Å². The Balaban J connectivity index is 2.60. The van der Waals surface area contributed by atoms with Gasteiger partial charge in [-0.3, -0.25) is 0 Å². The molecule has 0 aromatic heterocycles. The molecule has 2 heteroatoms. The minimum atomic E-state index is 0.843. The highest BCUT2D eigenvalue weighted by Crippen LogP contribution is 2.04.